The predicted molar refractivity (Wildman–Crippen MR) is 117 cm³/mol. The van der Waals surface area contributed by atoms with E-state index in [1.54, 1.807) is 0 Å². The molecule has 1 saturated heterocycles. The Labute approximate surface area is 185 Å². The van der Waals surface area contributed by atoms with Crippen LogP contribution in [0.2, 0.25) is 0 Å². The van der Waals surface area contributed by atoms with Crippen LogP contribution in [0.1, 0.15) is 32.1 Å². The first-order valence-electron chi connectivity index (χ1n) is 10.2. The number of carbonyl (C=O) groups is 2. The Bertz CT molecular complexity index is 674. The van der Waals surface area contributed by atoms with Gasteiger partial charge in [-0.15, -0.1) is 11.8 Å². The number of esters is 1. The Morgan fingerprint density at radius 3 is 2.52 bits per heavy atom. The van der Waals surface area contributed by atoms with Gasteiger partial charge in [0.05, 0.1) is 19.0 Å². The third-order valence-electron chi connectivity index (χ3n) is 5.62. The second kappa shape index (κ2) is 11.3. The molecule has 0 aromatic heterocycles. The summed E-state index contributed by atoms with van der Waals surface area (Å²) >= 11 is 4.78. The Morgan fingerprint density at radius 2 is 1.83 bits per heavy atom. The number of carbonyl (C=O) groups excluding carboxylic acids is 2. The molecule has 1 saturated carbocycles. The number of halogens is 1. The standard InChI is InChI=1S/C21H29BrN2O4S/c22-17-4-6-18(7-5-17)29-15-20(26)28-14-19(25)23-16-21(8-2-1-3-9-21)24-10-12-27-13-11-24/h4-7H,1-3,8-16H2,(H,23,25). The summed E-state index contributed by atoms with van der Waals surface area (Å²) in [7, 11) is 0. The summed E-state index contributed by atoms with van der Waals surface area (Å²) in [6.45, 7) is 3.72. The van der Waals surface area contributed by atoms with Gasteiger partial charge in [-0.25, -0.2) is 0 Å². The fraction of sp³-hybridized carbons (Fsp3) is 0.619. The van der Waals surface area contributed by atoms with Gasteiger partial charge in [0.1, 0.15) is 0 Å². The van der Waals surface area contributed by atoms with E-state index in [4.69, 9.17) is 9.47 Å². The Morgan fingerprint density at radius 1 is 1.14 bits per heavy atom. The van der Waals surface area contributed by atoms with Crippen LogP contribution in [0.15, 0.2) is 33.6 Å². The summed E-state index contributed by atoms with van der Waals surface area (Å²) in [5.41, 5.74) is 0.0130. The van der Waals surface area contributed by atoms with Gasteiger partial charge in [-0.2, -0.15) is 0 Å². The smallest absolute Gasteiger partial charge is 0.316 e. The molecule has 0 atom stereocenters. The molecule has 1 heterocycles. The molecule has 0 spiro atoms. The van der Waals surface area contributed by atoms with Gasteiger partial charge in [0.25, 0.3) is 5.91 Å². The van der Waals surface area contributed by atoms with Crippen LogP contribution < -0.4 is 5.32 Å². The van der Waals surface area contributed by atoms with Crippen molar-refractivity contribution < 1.29 is 19.1 Å². The van der Waals surface area contributed by atoms with E-state index >= 15 is 0 Å². The Balaban J connectivity index is 1.40. The van der Waals surface area contributed by atoms with Crippen LogP contribution in [0.4, 0.5) is 0 Å². The summed E-state index contributed by atoms with van der Waals surface area (Å²) in [6, 6.07) is 7.72. The van der Waals surface area contributed by atoms with E-state index in [1.807, 2.05) is 24.3 Å². The van der Waals surface area contributed by atoms with Crippen molar-refractivity contribution in [2.24, 2.45) is 0 Å². The third kappa shape index (κ3) is 6.98. The number of nitrogens with one attached hydrogen (secondary N) is 1. The van der Waals surface area contributed by atoms with Crippen LogP contribution in [0.5, 0.6) is 0 Å². The number of thioether (sulfide) groups is 1. The van der Waals surface area contributed by atoms with Crippen LogP contribution in [-0.4, -0.2) is 67.5 Å². The van der Waals surface area contributed by atoms with Gasteiger partial charge in [0.2, 0.25) is 0 Å². The summed E-state index contributed by atoms with van der Waals surface area (Å²) in [5, 5.41) is 3.02. The number of hydrogen-bond acceptors (Lipinski definition) is 6. The highest BCUT2D eigenvalue weighted by molar-refractivity contribution is 9.10. The number of ether oxygens (including phenoxy) is 2. The molecule has 1 amide bonds. The maximum atomic E-state index is 12.3. The monoisotopic (exact) mass is 484 g/mol. The fourth-order valence-electron chi connectivity index (χ4n) is 4.03. The topological polar surface area (TPSA) is 67.9 Å². The van der Waals surface area contributed by atoms with Gasteiger partial charge < -0.3 is 14.8 Å². The minimum absolute atomic E-state index is 0.0130. The van der Waals surface area contributed by atoms with Gasteiger partial charge in [0.15, 0.2) is 6.61 Å². The van der Waals surface area contributed by atoms with E-state index in [2.05, 4.69) is 26.1 Å². The number of amides is 1. The number of rotatable bonds is 8. The molecule has 3 rings (SSSR count). The van der Waals surface area contributed by atoms with Crippen LogP contribution in [0.25, 0.3) is 0 Å². The number of hydrogen-bond donors (Lipinski definition) is 1. The molecule has 1 aromatic carbocycles. The summed E-state index contributed by atoms with van der Waals surface area (Å²) < 4.78 is 11.6. The molecule has 160 valence electrons. The van der Waals surface area contributed by atoms with Gasteiger partial charge in [0, 0.05) is 34.5 Å². The summed E-state index contributed by atoms with van der Waals surface area (Å²) in [6.07, 6.45) is 5.83. The first-order valence-corrected chi connectivity index (χ1v) is 12.0. The van der Waals surface area contributed by atoms with Crippen molar-refractivity contribution >= 4 is 39.6 Å². The average Bonchev–Trinajstić information content (AvgIpc) is 2.77. The maximum Gasteiger partial charge on any atom is 0.316 e. The van der Waals surface area contributed by atoms with E-state index in [9.17, 15) is 9.59 Å². The van der Waals surface area contributed by atoms with Crippen molar-refractivity contribution in [3.05, 3.63) is 28.7 Å². The number of benzene rings is 1. The molecule has 8 heteroatoms. The van der Waals surface area contributed by atoms with Crippen LogP contribution in [-0.2, 0) is 19.1 Å². The number of morpholine rings is 1. The van der Waals surface area contributed by atoms with Crippen molar-refractivity contribution in [1.29, 1.82) is 0 Å². The lowest BCUT2D eigenvalue weighted by atomic mass is 9.79. The largest absolute Gasteiger partial charge is 0.455 e. The summed E-state index contributed by atoms with van der Waals surface area (Å²) in [4.78, 5) is 27.7. The van der Waals surface area contributed by atoms with Crippen LogP contribution in [0.3, 0.4) is 0 Å². The first kappa shape index (κ1) is 22.6. The molecule has 1 aliphatic heterocycles. The molecule has 2 fully saturated rings. The highest BCUT2D eigenvalue weighted by Crippen LogP contribution is 2.33. The molecule has 29 heavy (non-hydrogen) atoms. The number of nitrogens with zero attached hydrogens (tertiary/aromatic N) is 1. The molecule has 1 N–H and O–H groups in total. The molecule has 1 aliphatic carbocycles. The van der Waals surface area contributed by atoms with Crippen molar-refractivity contribution in [2.75, 3.05) is 45.2 Å². The minimum atomic E-state index is -0.381. The van der Waals surface area contributed by atoms with E-state index in [0.29, 0.717) is 6.54 Å². The zero-order valence-electron chi connectivity index (χ0n) is 16.7. The van der Waals surface area contributed by atoms with Gasteiger partial charge in [-0.05, 0) is 37.1 Å². The molecular weight excluding hydrogens is 456 g/mol. The van der Waals surface area contributed by atoms with E-state index < -0.39 is 0 Å². The van der Waals surface area contributed by atoms with Crippen molar-refractivity contribution in [3.63, 3.8) is 0 Å². The Hall–Kier alpha value is -1.09. The molecule has 2 aliphatic rings. The van der Waals surface area contributed by atoms with Crippen molar-refractivity contribution in [1.82, 2.24) is 10.2 Å². The van der Waals surface area contributed by atoms with Crippen molar-refractivity contribution in [2.45, 2.75) is 42.5 Å². The minimum Gasteiger partial charge on any atom is -0.455 e. The third-order valence-corrected chi connectivity index (χ3v) is 7.13. The summed E-state index contributed by atoms with van der Waals surface area (Å²) in [5.74, 6) is -0.425. The molecule has 0 radical (unpaired) electrons. The predicted octanol–water partition coefficient (Wildman–Crippen LogP) is 3.24. The molecule has 0 bridgehead atoms. The van der Waals surface area contributed by atoms with E-state index in [1.165, 1.54) is 31.0 Å². The zero-order chi connectivity index (χ0) is 20.5. The Kier molecular flexibility index (Phi) is 8.84. The SMILES string of the molecule is O=C(COC(=O)CSc1ccc(Br)cc1)NCC1(N2CCOCC2)CCCCC1. The normalized spacial score (nSPS) is 19.5. The lowest BCUT2D eigenvalue weighted by Gasteiger charge is -2.48. The lowest BCUT2D eigenvalue weighted by molar-refractivity contribution is -0.146. The molecular formula is C21H29BrN2O4S. The maximum absolute atomic E-state index is 12.3. The van der Waals surface area contributed by atoms with Gasteiger partial charge in [-0.1, -0.05) is 35.2 Å². The second-order valence-electron chi connectivity index (χ2n) is 7.56. The average molecular weight is 485 g/mol. The highest BCUT2D eigenvalue weighted by atomic mass is 79.9. The second-order valence-corrected chi connectivity index (χ2v) is 9.53. The molecule has 1 aromatic rings. The van der Waals surface area contributed by atoms with Crippen LogP contribution >= 0.6 is 27.7 Å². The van der Waals surface area contributed by atoms with E-state index in [-0.39, 0.29) is 29.8 Å². The highest BCUT2D eigenvalue weighted by Gasteiger charge is 2.38. The zero-order valence-corrected chi connectivity index (χ0v) is 19.1. The van der Waals surface area contributed by atoms with Crippen LogP contribution in [0, 0.1) is 0 Å². The van der Waals surface area contributed by atoms with Crippen molar-refractivity contribution in [3.8, 4) is 0 Å². The first-order chi connectivity index (χ1) is 14.1. The lowest BCUT2D eigenvalue weighted by Crippen LogP contribution is -2.59. The molecule has 6 nitrogen and oxygen atoms in total. The van der Waals surface area contributed by atoms with Gasteiger partial charge >= 0.3 is 5.97 Å². The quantitative estimate of drug-likeness (QED) is 0.451. The van der Waals surface area contributed by atoms with E-state index in [0.717, 1.165) is 48.5 Å². The fourth-order valence-corrected chi connectivity index (χ4v) is 4.99. The molecule has 0 unspecified atom stereocenters. The van der Waals surface area contributed by atoms with Gasteiger partial charge in [-0.3, -0.25) is 14.5 Å².